The highest BCUT2D eigenvalue weighted by molar-refractivity contribution is 5.83. The Bertz CT molecular complexity index is 1020. The molecule has 1 atom stereocenters. The van der Waals surface area contributed by atoms with Crippen LogP contribution in [-0.2, 0) is 4.79 Å². The van der Waals surface area contributed by atoms with Crippen LogP contribution >= 0.6 is 0 Å². The quantitative estimate of drug-likeness (QED) is 0.406. The van der Waals surface area contributed by atoms with E-state index in [0.717, 1.165) is 10.9 Å². The number of ether oxygens (including phenoxy) is 3. The van der Waals surface area contributed by atoms with Crippen LogP contribution in [0, 0.1) is 6.92 Å². The minimum atomic E-state index is -0.866. The fourth-order valence-corrected chi connectivity index (χ4v) is 2.69. The van der Waals surface area contributed by atoms with Crippen LogP contribution in [0.25, 0.3) is 11.0 Å². The van der Waals surface area contributed by atoms with E-state index >= 15 is 0 Å². The summed E-state index contributed by atoms with van der Waals surface area (Å²) in [6, 6.07) is 13.4. The summed E-state index contributed by atoms with van der Waals surface area (Å²) in [5, 5.41) is 0.783. The molecule has 1 aliphatic heterocycles. The van der Waals surface area contributed by atoms with Crippen LogP contribution in [0.2, 0.25) is 0 Å². The number of fused-ring (bicyclic) bond motifs is 2. The van der Waals surface area contributed by atoms with Gasteiger partial charge in [-0.15, -0.1) is 0 Å². The van der Waals surface area contributed by atoms with Crippen molar-refractivity contribution in [3.05, 3.63) is 64.5 Å². The van der Waals surface area contributed by atoms with Crippen LogP contribution in [0.3, 0.4) is 0 Å². The third-order valence-corrected chi connectivity index (χ3v) is 3.91. The van der Waals surface area contributed by atoms with Crippen LogP contribution in [0.1, 0.15) is 5.56 Å². The first kappa shape index (κ1) is 15.3. The summed E-state index contributed by atoms with van der Waals surface area (Å²) in [6.45, 7) is 1.88. The molecule has 0 aliphatic carbocycles. The standard InChI is InChI=1S/C19H14O6/c1-11-8-18(20)25-16-9-12(6-7-13(11)16)23-19(21)17-10-22-14-4-2-3-5-15(14)24-17/h2-9,17H,10H2,1H3/t17-/m0/s1. The Morgan fingerprint density at radius 3 is 2.76 bits per heavy atom. The number of hydrogen-bond acceptors (Lipinski definition) is 6. The second-order valence-electron chi connectivity index (χ2n) is 5.69. The molecule has 6 nitrogen and oxygen atoms in total. The molecule has 0 N–H and O–H groups in total. The lowest BCUT2D eigenvalue weighted by atomic mass is 10.1. The van der Waals surface area contributed by atoms with Crippen LogP contribution < -0.4 is 19.8 Å². The summed E-state index contributed by atoms with van der Waals surface area (Å²) in [5.41, 5.74) is 0.709. The molecule has 1 aliphatic rings. The summed E-state index contributed by atoms with van der Waals surface area (Å²) < 4.78 is 21.6. The number of esters is 1. The minimum Gasteiger partial charge on any atom is -0.485 e. The highest BCUT2D eigenvalue weighted by Crippen LogP contribution is 2.31. The highest BCUT2D eigenvalue weighted by Gasteiger charge is 2.29. The number of para-hydroxylation sites is 2. The third kappa shape index (κ3) is 2.94. The zero-order valence-corrected chi connectivity index (χ0v) is 13.4. The average molecular weight is 338 g/mol. The Morgan fingerprint density at radius 1 is 1.12 bits per heavy atom. The lowest BCUT2D eigenvalue weighted by Gasteiger charge is -2.24. The van der Waals surface area contributed by atoms with Gasteiger partial charge in [0.2, 0.25) is 6.10 Å². The number of carbonyl (C=O) groups is 1. The molecule has 126 valence electrons. The summed E-state index contributed by atoms with van der Waals surface area (Å²) >= 11 is 0. The fraction of sp³-hybridized carbons (Fsp3) is 0.158. The lowest BCUT2D eigenvalue weighted by molar-refractivity contribution is -0.144. The van der Waals surface area contributed by atoms with E-state index in [0.29, 0.717) is 17.1 Å². The van der Waals surface area contributed by atoms with Crippen molar-refractivity contribution in [1.29, 1.82) is 0 Å². The summed E-state index contributed by atoms with van der Waals surface area (Å²) in [6.07, 6.45) is -0.866. The van der Waals surface area contributed by atoms with Crippen molar-refractivity contribution >= 4 is 16.9 Å². The molecule has 2 aromatic carbocycles. The minimum absolute atomic E-state index is 0.0671. The maximum Gasteiger partial charge on any atom is 0.356 e. The van der Waals surface area contributed by atoms with Crippen molar-refractivity contribution in [1.82, 2.24) is 0 Å². The number of rotatable bonds is 2. The summed E-state index contributed by atoms with van der Waals surface area (Å²) in [4.78, 5) is 23.8. The van der Waals surface area contributed by atoms with Gasteiger partial charge in [0, 0.05) is 17.5 Å². The summed E-state index contributed by atoms with van der Waals surface area (Å²) in [5.74, 6) is 0.780. The Kier molecular flexibility index (Phi) is 3.65. The van der Waals surface area contributed by atoms with Crippen molar-refractivity contribution in [2.45, 2.75) is 13.0 Å². The lowest BCUT2D eigenvalue weighted by Crippen LogP contribution is -2.39. The molecule has 0 fully saturated rings. The molecule has 0 saturated heterocycles. The maximum absolute atomic E-state index is 12.3. The van der Waals surface area contributed by atoms with Crippen molar-refractivity contribution in [3.63, 3.8) is 0 Å². The first-order chi connectivity index (χ1) is 12.1. The molecular weight excluding hydrogens is 324 g/mol. The van der Waals surface area contributed by atoms with Gasteiger partial charge in [0.15, 0.2) is 11.5 Å². The van der Waals surface area contributed by atoms with Gasteiger partial charge < -0.3 is 18.6 Å². The van der Waals surface area contributed by atoms with Gasteiger partial charge in [0.05, 0.1) is 0 Å². The van der Waals surface area contributed by atoms with Gasteiger partial charge in [0.1, 0.15) is 17.9 Å². The molecule has 0 amide bonds. The number of aryl methyl sites for hydroxylation is 1. The Labute approximate surface area is 142 Å². The molecule has 0 spiro atoms. The van der Waals surface area contributed by atoms with E-state index in [1.54, 1.807) is 30.3 Å². The average Bonchev–Trinajstić information content (AvgIpc) is 2.60. The van der Waals surface area contributed by atoms with E-state index in [1.165, 1.54) is 12.1 Å². The molecule has 0 unspecified atom stereocenters. The van der Waals surface area contributed by atoms with Gasteiger partial charge in [-0.2, -0.15) is 0 Å². The SMILES string of the molecule is Cc1cc(=O)oc2cc(OC(=O)[C@@H]3COc4ccccc4O3)ccc12. The Hall–Kier alpha value is -3.28. The molecule has 2 heterocycles. The second kappa shape index (κ2) is 5.98. The smallest absolute Gasteiger partial charge is 0.356 e. The zero-order valence-electron chi connectivity index (χ0n) is 13.4. The van der Waals surface area contributed by atoms with Crippen LogP contribution in [0.4, 0.5) is 0 Å². The molecule has 25 heavy (non-hydrogen) atoms. The largest absolute Gasteiger partial charge is 0.485 e. The first-order valence-corrected chi connectivity index (χ1v) is 7.75. The zero-order chi connectivity index (χ0) is 17.4. The van der Waals surface area contributed by atoms with Gasteiger partial charge in [-0.1, -0.05) is 12.1 Å². The van der Waals surface area contributed by atoms with Gasteiger partial charge >= 0.3 is 11.6 Å². The van der Waals surface area contributed by atoms with Crippen LogP contribution in [0.5, 0.6) is 17.2 Å². The molecule has 1 aromatic heterocycles. The number of carbonyl (C=O) groups excluding carboxylic acids is 1. The Balaban J connectivity index is 1.55. The highest BCUT2D eigenvalue weighted by atomic mass is 16.6. The molecule has 0 saturated carbocycles. The monoisotopic (exact) mass is 338 g/mol. The molecular formula is C19H14O6. The van der Waals surface area contributed by atoms with Crippen molar-refractivity contribution < 1.29 is 23.4 Å². The molecule has 0 bridgehead atoms. The van der Waals surface area contributed by atoms with Crippen molar-refractivity contribution in [2.24, 2.45) is 0 Å². The second-order valence-corrected chi connectivity index (χ2v) is 5.69. The maximum atomic E-state index is 12.3. The first-order valence-electron chi connectivity index (χ1n) is 7.75. The molecule has 3 aromatic rings. The van der Waals surface area contributed by atoms with Crippen molar-refractivity contribution in [3.8, 4) is 17.2 Å². The molecule has 4 rings (SSSR count). The normalized spacial score (nSPS) is 15.8. The van der Waals surface area contributed by atoms with E-state index < -0.39 is 17.7 Å². The van der Waals surface area contributed by atoms with Gasteiger partial charge in [-0.05, 0) is 36.8 Å². The Morgan fingerprint density at radius 2 is 1.92 bits per heavy atom. The summed E-state index contributed by atoms with van der Waals surface area (Å²) in [7, 11) is 0. The third-order valence-electron chi connectivity index (χ3n) is 3.91. The molecule has 0 radical (unpaired) electrons. The van der Waals surface area contributed by atoms with E-state index in [-0.39, 0.29) is 12.4 Å². The number of hydrogen-bond donors (Lipinski definition) is 0. The predicted octanol–water partition coefficient (Wildman–Crippen LogP) is 2.85. The van der Waals surface area contributed by atoms with Gasteiger partial charge in [-0.3, -0.25) is 0 Å². The topological polar surface area (TPSA) is 75.0 Å². The predicted molar refractivity (Wildman–Crippen MR) is 89.2 cm³/mol. The van der Waals surface area contributed by atoms with Gasteiger partial charge in [-0.25, -0.2) is 9.59 Å². The van der Waals surface area contributed by atoms with E-state index in [4.69, 9.17) is 18.6 Å². The van der Waals surface area contributed by atoms with E-state index in [2.05, 4.69) is 0 Å². The fourth-order valence-electron chi connectivity index (χ4n) is 2.69. The number of benzene rings is 2. The van der Waals surface area contributed by atoms with Crippen LogP contribution in [-0.4, -0.2) is 18.7 Å². The van der Waals surface area contributed by atoms with E-state index in [1.807, 2.05) is 13.0 Å². The molecule has 6 heteroatoms. The van der Waals surface area contributed by atoms with Crippen LogP contribution in [0.15, 0.2) is 57.7 Å². The van der Waals surface area contributed by atoms with Crippen molar-refractivity contribution in [2.75, 3.05) is 6.61 Å². The van der Waals surface area contributed by atoms with Gasteiger partial charge in [0.25, 0.3) is 0 Å². The van der Waals surface area contributed by atoms with E-state index in [9.17, 15) is 9.59 Å².